The van der Waals surface area contributed by atoms with E-state index in [1.54, 1.807) is 38.1 Å². The van der Waals surface area contributed by atoms with E-state index in [9.17, 15) is 13.2 Å². The number of benzene rings is 2. The van der Waals surface area contributed by atoms with Crippen LogP contribution in [0.1, 0.15) is 26.7 Å². The molecule has 0 aromatic heterocycles. The summed E-state index contributed by atoms with van der Waals surface area (Å²) in [6, 6.07) is 14.5. The van der Waals surface area contributed by atoms with Crippen LogP contribution >= 0.6 is 0 Å². The fraction of sp³-hybridized carbons (Fsp3) is 0.350. The van der Waals surface area contributed by atoms with E-state index in [-0.39, 0.29) is 11.9 Å². The maximum absolute atomic E-state index is 12.2. The molecular weight excluding hydrogens is 364 g/mol. The molecule has 0 spiro atoms. The predicted octanol–water partition coefficient (Wildman–Crippen LogP) is 4.46. The van der Waals surface area contributed by atoms with Crippen molar-refractivity contribution < 1.29 is 17.9 Å². The minimum absolute atomic E-state index is 0.175. The second-order valence-corrected chi connectivity index (χ2v) is 8.83. The van der Waals surface area contributed by atoms with E-state index in [0.29, 0.717) is 17.3 Å². The van der Waals surface area contributed by atoms with Crippen molar-refractivity contribution in [2.45, 2.75) is 32.8 Å². The lowest BCUT2D eigenvalue weighted by Gasteiger charge is -2.12. The first-order valence-electron chi connectivity index (χ1n) is 8.99. The summed E-state index contributed by atoms with van der Waals surface area (Å²) in [6.45, 7) is 3.57. The lowest BCUT2D eigenvalue weighted by atomic mass is 10.0. The number of rotatable bonds is 7. The fourth-order valence-corrected chi connectivity index (χ4v) is 4.24. The lowest BCUT2D eigenvalue weighted by molar-refractivity contribution is 0.130. The summed E-state index contributed by atoms with van der Waals surface area (Å²) in [5.74, 6) is 0.466. The number of carbonyl (C=O) groups is 1. The van der Waals surface area contributed by atoms with Gasteiger partial charge in [-0.3, -0.25) is 10.0 Å². The van der Waals surface area contributed by atoms with Gasteiger partial charge in [-0.05, 0) is 68.0 Å². The van der Waals surface area contributed by atoms with Gasteiger partial charge < -0.3 is 4.74 Å². The Morgan fingerprint density at radius 3 is 2.26 bits per heavy atom. The highest BCUT2D eigenvalue weighted by molar-refractivity contribution is 7.92. The Bertz CT molecular complexity index is 921. The van der Waals surface area contributed by atoms with Crippen LogP contribution in [0, 0.1) is 5.92 Å². The average Bonchev–Trinajstić information content (AvgIpc) is 3.37. The van der Waals surface area contributed by atoms with Crippen molar-refractivity contribution >= 4 is 27.5 Å². The number of anilines is 2. The van der Waals surface area contributed by atoms with Gasteiger partial charge in [0.2, 0.25) is 10.0 Å². The smallest absolute Gasteiger partial charge is 0.411 e. The molecule has 0 heterocycles. The van der Waals surface area contributed by atoms with Crippen molar-refractivity contribution in [3.05, 3.63) is 48.5 Å². The van der Waals surface area contributed by atoms with Crippen molar-refractivity contribution in [3.8, 4) is 11.1 Å². The maximum Gasteiger partial charge on any atom is 0.411 e. The van der Waals surface area contributed by atoms with Crippen LogP contribution in [0.3, 0.4) is 0 Å². The van der Waals surface area contributed by atoms with Crippen molar-refractivity contribution in [2.75, 3.05) is 15.8 Å². The van der Waals surface area contributed by atoms with E-state index in [2.05, 4.69) is 10.0 Å². The summed E-state index contributed by atoms with van der Waals surface area (Å²) in [4.78, 5) is 11.8. The summed E-state index contributed by atoms with van der Waals surface area (Å²) in [6.07, 6.45) is 1.26. The Balaban J connectivity index is 1.74. The standard InChI is InChI=1S/C20H24N2O4S/c1-14(2)26-20(23)21-18-7-3-5-16(11-18)17-6-4-8-19(12-17)22-27(24,25)13-15-9-10-15/h3-8,11-12,14-15,22H,9-10,13H2,1-2H3,(H,21,23). The zero-order chi connectivity index (χ0) is 19.4. The summed E-state index contributed by atoms with van der Waals surface area (Å²) in [5.41, 5.74) is 2.85. The Hall–Kier alpha value is -2.54. The topological polar surface area (TPSA) is 84.5 Å². The van der Waals surface area contributed by atoms with Gasteiger partial charge in [-0.1, -0.05) is 24.3 Å². The third-order valence-electron chi connectivity index (χ3n) is 4.07. The molecule has 7 heteroatoms. The quantitative estimate of drug-likeness (QED) is 0.733. The van der Waals surface area contributed by atoms with Crippen LogP contribution in [0.15, 0.2) is 48.5 Å². The van der Waals surface area contributed by atoms with E-state index in [0.717, 1.165) is 24.0 Å². The van der Waals surface area contributed by atoms with E-state index in [4.69, 9.17) is 4.74 Å². The maximum atomic E-state index is 12.2. The number of carbonyl (C=O) groups excluding carboxylic acids is 1. The summed E-state index contributed by atoms with van der Waals surface area (Å²) >= 11 is 0. The second kappa shape index (κ2) is 8.00. The average molecular weight is 388 g/mol. The molecule has 2 N–H and O–H groups in total. The molecule has 0 aliphatic heterocycles. The Kier molecular flexibility index (Phi) is 5.70. The van der Waals surface area contributed by atoms with Gasteiger partial charge in [0.05, 0.1) is 11.9 Å². The van der Waals surface area contributed by atoms with Crippen LogP contribution in [0.5, 0.6) is 0 Å². The van der Waals surface area contributed by atoms with Crippen LogP contribution in [-0.4, -0.2) is 26.4 Å². The minimum atomic E-state index is -3.33. The number of ether oxygens (including phenoxy) is 1. The van der Waals surface area contributed by atoms with Crippen LogP contribution in [0.25, 0.3) is 11.1 Å². The van der Waals surface area contributed by atoms with E-state index in [1.807, 2.05) is 24.3 Å². The third-order valence-corrected chi connectivity index (χ3v) is 5.53. The molecule has 0 radical (unpaired) electrons. The molecule has 2 aromatic rings. The molecule has 0 unspecified atom stereocenters. The number of amides is 1. The molecule has 1 aliphatic rings. The predicted molar refractivity (Wildman–Crippen MR) is 107 cm³/mol. The zero-order valence-corrected chi connectivity index (χ0v) is 16.3. The summed E-state index contributed by atoms with van der Waals surface area (Å²) < 4.78 is 32.1. The second-order valence-electron chi connectivity index (χ2n) is 7.07. The monoisotopic (exact) mass is 388 g/mol. The molecule has 1 saturated carbocycles. The molecule has 2 aromatic carbocycles. The molecule has 6 nitrogen and oxygen atoms in total. The van der Waals surface area contributed by atoms with Gasteiger partial charge in [0.25, 0.3) is 0 Å². The van der Waals surface area contributed by atoms with Crippen LogP contribution < -0.4 is 10.0 Å². The molecule has 144 valence electrons. The van der Waals surface area contributed by atoms with Gasteiger partial charge in [-0.15, -0.1) is 0 Å². The molecule has 1 fully saturated rings. The van der Waals surface area contributed by atoms with E-state index >= 15 is 0 Å². The molecule has 1 aliphatic carbocycles. The third kappa shape index (κ3) is 5.99. The van der Waals surface area contributed by atoms with Crippen molar-refractivity contribution in [3.63, 3.8) is 0 Å². The van der Waals surface area contributed by atoms with Gasteiger partial charge in [0, 0.05) is 11.4 Å². The van der Waals surface area contributed by atoms with Crippen LogP contribution in [0.2, 0.25) is 0 Å². The van der Waals surface area contributed by atoms with Gasteiger partial charge in [0.15, 0.2) is 0 Å². The van der Waals surface area contributed by atoms with Gasteiger partial charge in [-0.25, -0.2) is 13.2 Å². The number of hydrogen-bond donors (Lipinski definition) is 2. The Morgan fingerprint density at radius 1 is 1.07 bits per heavy atom. The Morgan fingerprint density at radius 2 is 1.67 bits per heavy atom. The Labute approximate surface area is 160 Å². The van der Waals surface area contributed by atoms with E-state index < -0.39 is 16.1 Å². The van der Waals surface area contributed by atoms with Crippen LogP contribution in [0.4, 0.5) is 16.2 Å². The summed E-state index contributed by atoms with van der Waals surface area (Å²) in [7, 11) is -3.33. The first-order valence-corrected chi connectivity index (χ1v) is 10.6. The van der Waals surface area contributed by atoms with Crippen molar-refractivity contribution in [2.24, 2.45) is 5.92 Å². The van der Waals surface area contributed by atoms with E-state index in [1.165, 1.54) is 0 Å². The van der Waals surface area contributed by atoms with Gasteiger partial charge in [-0.2, -0.15) is 0 Å². The molecule has 0 saturated heterocycles. The molecule has 1 amide bonds. The van der Waals surface area contributed by atoms with Gasteiger partial charge >= 0.3 is 6.09 Å². The normalized spacial score (nSPS) is 14.0. The number of sulfonamides is 1. The summed E-state index contributed by atoms with van der Waals surface area (Å²) in [5, 5.41) is 2.69. The molecule has 0 bridgehead atoms. The molecular formula is C20H24N2O4S. The first kappa shape index (κ1) is 19.2. The number of nitrogens with one attached hydrogen (secondary N) is 2. The highest BCUT2D eigenvalue weighted by Crippen LogP contribution is 2.31. The highest BCUT2D eigenvalue weighted by atomic mass is 32.2. The van der Waals surface area contributed by atoms with Crippen molar-refractivity contribution in [1.82, 2.24) is 0 Å². The van der Waals surface area contributed by atoms with Gasteiger partial charge in [0.1, 0.15) is 0 Å². The molecule has 3 rings (SSSR count). The molecule has 0 atom stereocenters. The SMILES string of the molecule is CC(C)OC(=O)Nc1cccc(-c2cccc(NS(=O)(=O)CC3CC3)c2)c1. The van der Waals surface area contributed by atoms with Crippen LogP contribution in [-0.2, 0) is 14.8 Å². The first-order chi connectivity index (χ1) is 12.8. The number of hydrogen-bond acceptors (Lipinski definition) is 4. The fourth-order valence-electron chi connectivity index (χ4n) is 2.72. The molecule has 27 heavy (non-hydrogen) atoms. The van der Waals surface area contributed by atoms with Crippen molar-refractivity contribution in [1.29, 1.82) is 0 Å². The highest BCUT2D eigenvalue weighted by Gasteiger charge is 2.27. The zero-order valence-electron chi connectivity index (χ0n) is 15.4. The minimum Gasteiger partial charge on any atom is -0.447 e. The lowest BCUT2D eigenvalue weighted by Crippen LogP contribution is -2.18. The largest absolute Gasteiger partial charge is 0.447 e.